The van der Waals surface area contributed by atoms with E-state index in [0.29, 0.717) is 18.9 Å². The summed E-state index contributed by atoms with van der Waals surface area (Å²) in [5.41, 5.74) is 7.15. The number of amides is 1. The van der Waals surface area contributed by atoms with E-state index in [2.05, 4.69) is 22.4 Å². The van der Waals surface area contributed by atoms with Gasteiger partial charge in [-0.05, 0) is 31.4 Å². The number of nitrogens with one attached hydrogen (secondary N) is 2. The van der Waals surface area contributed by atoms with E-state index < -0.39 is 0 Å². The van der Waals surface area contributed by atoms with Crippen LogP contribution in [-0.2, 0) is 4.79 Å². The Morgan fingerprint density at radius 3 is 3.11 bits per heavy atom. The molecule has 19 heavy (non-hydrogen) atoms. The minimum Gasteiger partial charge on any atom is -0.330 e. The molecule has 1 unspecified atom stereocenters. The largest absolute Gasteiger partial charge is 0.330 e. The van der Waals surface area contributed by atoms with Gasteiger partial charge >= 0.3 is 0 Å². The molecule has 0 radical (unpaired) electrons. The normalized spacial score (nSPS) is 12.5. The van der Waals surface area contributed by atoms with E-state index in [1.165, 1.54) is 0 Å². The highest BCUT2D eigenvalue weighted by molar-refractivity contribution is 6.00. The molecule has 1 atom stereocenters. The Balaban J connectivity index is 1.93. The van der Waals surface area contributed by atoms with Crippen LogP contribution in [0.4, 0.5) is 5.69 Å². The van der Waals surface area contributed by atoms with E-state index >= 15 is 0 Å². The van der Waals surface area contributed by atoms with Crippen molar-refractivity contribution in [1.82, 2.24) is 10.2 Å². The number of rotatable bonds is 6. The van der Waals surface area contributed by atoms with Crippen LogP contribution in [0.25, 0.3) is 10.9 Å². The van der Waals surface area contributed by atoms with Crippen LogP contribution in [-0.4, -0.2) is 22.6 Å². The van der Waals surface area contributed by atoms with Gasteiger partial charge in [0.1, 0.15) is 0 Å². The predicted octanol–water partition coefficient (Wildman–Crippen LogP) is 2.27. The van der Waals surface area contributed by atoms with Gasteiger partial charge in [-0.3, -0.25) is 9.89 Å². The maximum Gasteiger partial charge on any atom is 0.224 e. The number of benzene rings is 1. The lowest BCUT2D eigenvalue weighted by Crippen LogP contribution is -2.14. The molecule has 2 rings (SSSR count). The zero-order chi connectivity index (χ0) is 13.7. The Morgan fingerprint density at radius 1 is 1.47 bits per heavy atom. The number of hydrogen-bond acceptors (Lipinski definition) is 3. The zero-order valence-electron chi connectivity index (χ0n) is 11.1. The van der Waals surface area contributed by atoms with Gasteiger partial charge in [0.25, 0.3) is 0 Å². The number of para-hydroxylation sites is 1. The molecule has 5 nitrogen and oxygen atoms in total. The molecular weight excluding hydrogens is 240 g/mol. The molecule has 0 fully saturated rings. The topological polar surface area (TPSA) is 83.8 Å². The molecule has 102 valence electrons. The van der Waals surface area contributed by atoms with Crippen LogP contribution >= 0.6 is 0 Å². The van der Waals surface area contributed by atoms with Gasteiger partial charge in [-0.15, -0.1) is 0 Å². The molecule has 0 saturated carbocycles. The summed E-state index contributed by atoms with van der Waals surface area (Å²) in [6.07, 6.45) is 4.09. The van der Waals surface area contributed by atoms with Crippen LogP contribution in [0.1, 0.15) is 26.2 Å². The van der Waals surface area contributed by atoms with Crippen LogP contribution in [0.5, 0.6) is 0 Å². The van der Waals surface area contributed by atoms with Crippen molar-refractivity contribution in [2.24, 2.45) is 11.7 Å². The third kappa shape index (κ3) is 3.54. The third-order valence-corrected chi connectivity index (χ3v) is 3.27. The van der Waals surface area contributed by atoms with Gasteiger partial charge in [-0.1, -0.05) is 19.1 Å². The number of anilines is 1. The van der Waals surface area contributed by atoms with Crippen molar-refractivity contribution in [3.8, 4) is 0 Å². The number of hydrogen-bond donors (Lipinski definition) is 3. The molecule has 0 saturated heterocycles. The number of aromatic amines is 1. The molecule has 0 spiro atoms. The Labute approximate surface area is 112 Å². The number of carbonyl (C=O) groups is 1. The summed E-state index contributed by atoms with van der Waals surface area (Å²) < 4.78 is 0. The Bertz CT molecular complexity index is 549. The van der Waals surface area contributed by atoms with Crippen molar-refractivity contribution in [2.75, 3.05) is 11.9 Å². The number of nitrogens with two attached hydrogens (primary N) is 1. The van der Waals surface area contributed by atoms with Gasteiger partial charge in [0.15, 0.2) is 0 Å². The summed E-state index contributed by atoms with van der Waals surface area (Å²) in [6.45, 7) is 2.80. The van der Waals surface area contributed by atoms with Crippen molar-refractivity contribution in [3.05, 3.63) is 24.4 Å². The predicted molar refractivity (Wildman–Crippen MR) is 76.8 cm³/mol. The summed E-state index contributed by atoms with van der Waals surface area (Å²) in [6, 6.07) is 5.74. The van der Waals surface area contributed by atoms with Crippen molar-refractivity contribution in [3.63, 3.8) is 0 Å². The van der Waals surface area contributed by atoms with Gasteiger partial charge in [0, 0.05) is 11.8 Å². The summed E-state index contributed by atoms with van der Waals surface area (Å²) in [7, 11) is 0. The van der Waals surface area contributed by atoms with Crippen molar-refractivity contribution in [1.29, 1.82) is 0 Å². The van der Waals surface area contributed by atoms with Crippen molar-refractivity contribution >= 4 is 22.5 Å². The third-order valence-electron chi connectivity index (χ3n) is 3.27. The van der Waals surface area contributed by atoms with Crippen LogP contribution < -0.4 is 11.1 Å². The van der Waals surface area contributed by atoms with Gasteiger partial charge in [0.05, 0.1) is 17.4 Å². The van der Waals surface area contributed by atoms with E-state index in [9.17, 15) is 4.79 Å². The molecule has 5 heteroatoms. The smallest absolute Gasteiger partial charge is 0.224 e. The lowest BCUT2D eigenvalue weighted by Gasteiger charge is -2.10. The zero-order valence-corrected chi connectivity index (χ0v) is 11.1. The summed E-state index contributed by atoms with van der Waals surface area (Å²) in [5.74, 6) is 0.518. The number of nitrogens with zero attached hydrogens (tertiary/aromatic N) is 1. The molecule has 0 aliphatic rings. The maximum atomic E-state index is 11.9. The van der Waals surface area contributed by atoms with Gasteiger partial charge in [0.2, 0.25) is 5.91 Å². The average molecular weight is 260 g/mol. The van der Waals surface area contributed by atoms with E-state index in [0.717, 1.165) is 29.4 Å². The lowest BCUT2D eigenvalue weighted by molar-refractivity contribution is -0.116. The average Bonchev–Trinajstić information content (AvgIpc) is 2.86. The fourth-order valence-electron chi connectivity index (χ4n) is 2.09. The quantitative estimate of drug-likeness (QED) is 0.745. The molecule has 1 aromatic heterocycles. The fraction of sp³-hybridized carbons (Fsp3) is 0.429. The van der Waals surface area contributed by atoms with Crippen LogP contribution in [0.3, 0.4) is 0 Å². The number of carbonyl (C=O) groups excluding carboxylic acids is 1. The van der Waals surface area contributed by atoms with Crippen LogP contribution in [0.2, 0.25) is 0 Å². The van der Waals surface area contributed by atoms with E-state index in [1.54, 1.807) is 6.20 Å². The van der Waals surface area contributed by atoms with Gasteiger partial charge in [-0.2, -0.15) is 5.10 Å². The Morgan fingerprint density at radius 2 is 2.32 bits per heavy atom. The highest BCUT2D eigenvalue weighted by Gasteiger charge is 2.09. The Kier molecular flexibility index (Phi) is 4.52. The first kappa shape index (κ1) is 13.5. The first-order chi connectivity index (χ1) is 9.20. The second-order valence-corrected chi connectivity index (χ2v) is 4.91. The van der Waals surface area contributed by atoms with Crippen LogP contribution in [0.15, 0.2) is 24.4 Å². The molecule has 1 heterocycles. The molecule has 4 N–H and O–H groups in total. The summed E-state index contributed by atoms with van der Waals surface area (Å²) >= 11 is 0. The van der Waals surface area contributed by atoms with Gasteiger partial charge < -0.3 is 11.1 Å². The molecule has 0 bridgehead atoms. The summed E-state index contributed by atoms with van der Waals surface area (Å²) in [4.78, 5) is 11.9. The van der Waals surface area contributed by atoms with E-state index in [4.69, 9.17) is 5.73 Å². The maximum absolute atomic E-state index is 11.9. The van der Waals surface area contributed by atoms with E-state index in [1.807, 2.05) is 18.2 Å². The van der Waals surface area contributed by atoms with E-state index in [-0.39, 0.29) is 5.91 Å². The molecule has 0 aliphatic heterocycles. The lowest BCUT2D eigenvalue weighted by atomic mass is 10.0. The molecule has 1 aromatic carbocycles. The molecule has 1 amide bonds. The standard InChI is InChI=1S/C14H20N4O/c1-10(7-8-15)5-6-13(19)17-12-4-2-3-11-9-16-18-14(11)12/h2-4,9-10H,5-8,15H2,1H3,(H,16,18)(H,17,19). The van der Waals surface area contributed by atoms with Gasteiger partial charge in [-0.25, -0.2) is 0 Å². The number of aromatic nitrogens is 2. The second-order valence-electron chi connectivity index (χ2n) is 4.91. The summed E-state index contributed by atoms with van der Waals surface area (Å²) in [5, 5.41) is 10.8. The fourth-order valence-corrected chi connectivity index (χ4v) is 2.09. The van der Waals surface area contributed by atoms with Crippen molar-refractivity contribution in [2.45, 2.75) is 26.2 Å². The SMILES string of the molecule is CC(CCN)CCC(=O)Nc1cccc2cn[nH]c12. The highest BCUT2D eigenvalue weighted by atomic mass is 16.1. The minimum absolute atomic E-state index is 0.0333. The number of H-pyrrole nitrogens is 1. The minimum atomic E-state index is 0.0333. The monoisotopic (exact) mass is 260 g/mol. The molecule has 0 aliphatic carbocycles. The Hall–Kier alpha value is -1.88. The van der Waals surface area contributed by atoms with Crippen LogP contribution in [0, 0.1) is 5.92 Å². The number of fused-ring (bicyclic) bond motifs is 1. The molecular formula is C14H20N4O. The first-order valence-corrected chi connectivity index (χ1v) is 6.62. The van der Waals surface area contributed by atoms with Crippen molar-refractivity contribution < 1.29 is 4.79 Å². The molecule has 2 aromatic rings. The first-order valence-electron chi connectivity index (χ1n) is 6.62. The second kappa shape index (κ2) is 6.33. The highest BCUT2D eigenvalue weighted by Crippen LogP contribution is 2.21.